The first-order chi connectivity index (χ1) is 17.1. The van der Waals surface area contributed by atoms with Crippen LogP contribution in [0.5, 0.6) is 11.5 Å². The summed E-state index contributed by atoms with van der Waals surface area (Å²) in [6, 6.07) is 24.8. The number of amides is 2. The van der Waals surface area contributed by atoms with Crippen molar-refractivity contribution in [1.29, 1.82) is 0 Å². The Morgan fingerprint density at radius 1 is 0.886 bits per heavy atom. The van der Waals surface area contributed by atoms with Gasteiger partial charge in [-0.25, -0.2) is 5.01 Å². The molecule has 0 unspecified atom stereocenters. The van der Waals surface area contributed by atoms with E-state index in [0.717, 1.165) is 33.9 Å². The third-order valence-corrected chi connectivity index (χ3v) is 5.99. The summed E-state index contributed by atoms with van der Waals surface area (Å²) in [4.78, 5) is 25.6. The summed E-state index contributed by atoms with van der Waals surface area (Å²) in [5.74, 6) is 1.15. The number of nitrogens with one attached hydrogen (secondary N) is 1. The maximum atomic E-state index is 13.2. The first-order valence-electron chi connectivity index (χ1n) is 11.6. The lowest BCUT2D eigenvalue weighted by atomic mass is 9.98. The Hall–Kier alpha value is -4.13. The molecule has 0 aromatic heterocycles. The SMILES string of the molecule is COc1ccc(CNC(=O)CCC(=O)N2N=C(c3ccccc3)C[C@H]2c2ccc(OC)cc2)cc1. The Morgan fingerprint density at radius 3 is 2.14 bits per heavy atom. The molecule has 0 fully saturated rings. The largest absolute Gasteiger partial charge is 0.497 e. The molecule has 2 amide bonds. The second-order valence-electron chi connectivity index (χ2n) is 8.27. The second kappa shape index (κ2) is 11.3. The van der Waals surface area contributed by atoms with Crippen LogP contribution in [0.1, 0.15) is 42.0 Å². The van der Waals surface area contributed by atoms with Crippen LogP contribution in [0.3, 0.4) is 0 Å². The second-order valence-corrected chi connectivity index (χ2v) is 8.27. The number of carbonyl (C=O) groups excluding carboxylic acids is 2. The monoisotopic (exact) mass is 471 g/mol. The number of benzene rings is 3. The zero-order valence-corrected chi connectivity index (χ0v) is 19.9. The molecule has 3 aromatic rings. The number of hydrogen-bond acceptors (Lipinski definition) is 5. The highest BCUT2D eigenvalue weighted by Crippen LogP contribution is 2.34. The number of methoxy groups -OCH3 is 2. The van der Waals surface area contributed by atoms with Gasteiger partial charge in [0, 0.05) is 25.8 Å². The van der Waals surface area contributed by atoms with E-state index in [1.165, 1.54) is 5.01 Å². The lowest BCUT2D eigenvalue weighted by Crippen LogP contribution is -2.29. The molecular weight excluding hydrogens is 442 g/mol. The van der Waals surface area contributed by atoms with E-state index >= 15 is 0 Å². The highest BCUT2D eigenvalue weighted by molar-refractivity contribution is 6.03. The van der Waals surface area contributed by atoms with Gasteiger partial charge >= 0.3 is 0 Å². The summed E-state index contributed by atoms with van der Waals surface area (Å²) in [5.41, 5.74) is 3.77. The highest BCUT2D eigenvalue weighted by Gasteiger charge is 2.33. The van der Waals surface area contributed by atoms with Crippen LogP contribution in [0.2, 0.25) is 0 Å². The fourth-order valence-corrected chi connectivity index (χ4v) is 4.00. The molecule has 1 atom stereocenters. The van der Waals surface area contributed by atoms with Gasteiger partial charge in [0.15, 0.2) is 0 Å². The third kappa shape index (κ3) is 6.06. The van der Waals surface area contributed by atoms with Crippen molar-refractivity contribution in [3.05, 3.63) is 95.6 Å². The van der Waals surface area contributed by atoms with E-state index in [1.807, 2.05) is 78.9 Å². The minimum absolute atomic E-state index is 0.0761. The predicted octanol–water partition coefficient (Wildman–Crippen LogP) is 4.48. The molecule has 7 heteroatoms. The smallest absolute Gasteiger partial charge is 0.243 e. The molecule has 1 aliphatic heterocycles. The van der Waals surface area contributed by atoms with Crippen LogP contribution in [0.15, 0.2) is 84.0 Å². The molecule has 3 aromatic carbocycles. The molecule has 1 N–H and O–H groups in total. The summed E-state index contributed by atoms with van der Waals surface area (Å²) in [6.07, 6.45) is 0.773. The summed E-state index contributed by atoms with van der Waals surface area (Å²) >= 11 is 0. The van der Waals surface area contributed by atoms with Gasteiger partial charge in [-0.2, -0.15) is 5.10 Å². The molecular formula is C28H29N3O4. The summed E-state index contributed by atoms with van der Waals surface area (Å²) in [5, 5.41) is 9.07. The van der Waals surface area contributed by atoms with Gasteiger partial charge in [0.2, 0.25) is 11.8 Å². The lowest BCUT2D eigenvalue weighted by molar-refractivity contribution is -0.135. The molecule has 180 valence electrons. The molecule has 1 aliphatic rings. The van der Waals surface area contributed by atoms with Crippen molar-refractivity contribution in [2.75, 3.05) is 14.2 Å². The summed E-state index contributed by atoms with van der Waals surface area (Å²) in [7, 11) is 3.23. The van der Waals surface area contributed by atoms with Gasteiger partial charge in [0.25, 0.3) is 0 Å². The van der Waals surface area contributed by atoms with E-state index < -0.39 is 0 Å². The zero-order chi connectivity index (χ0) is 24.6. The predicted molar refractivity (Wildman–Crippen MR) is 134 cm³/mol. The van der Waals surface area contributed by atoms with Crippen molar-refractivity contribution >= 4 is 17.5 Å². The van der Waals surface area contributed by atoms with Crippen LogP contribution in [0.4, 0.5) is 0 Å². The van der Waals surface area contributed by atoms with Crippen LogP contribution in [-0.2, 0) is 16.1 Å². The van der Waals surface area contributed by atoms with Gasteiger partial charge in [-0.15, -0.1) is 0 Å². The number of hydrazone groups is 1. The fourth-order valence-electron chi connectivity index (χ4n) is 4.00. The van der Waals surface area contributed by atoms with Gasteiger partial charge in [-0.3, -0.25) is 9.59 Å². The van der Waals surface area contributed by atoms with Crippen LogP contribution in [0, 0.1) is 0 Å². The van der Waals surface area contributed by atoms with E-state index in [9.17, 15) is 9.59 Å². The van der Waals surface area contributed by atoms with Crippen molar-refractivity contribution < 1.29 is 19.1 Å². The first kappa shape index (κ1) is 24.0. The Bertz CT molecular complexity index is 1180. The Kier molecular flexibility index (Phi) is 7.77. The minimum Gasteiger partial charge on any atom is -0.497 e. The molecule has 35 heavy (non-hydrogen) atoms. The van der Waals surface area contributed by atoms with Crippen molar-refractivity contribution in [2.24, 2.45) is 5.10 Å². The van der Waals surface area contributed by atoms with Crippen molar-refractivity contribution in [2.45, 2.75) is 31.8 Å². The quantitative estimate of drug-likeness (QED) is 0.499. The Balaban J connectivity index is 1.41. The van der Waals surface area contributed by atoms with Crippen LogP contribution < -0.4 is 14.8 Å². The molecule has 0 spiro atoms. The molecule has 0 saturated carbocycles. The minimum atomic E-state index is -0.231. The number of ether oxygens (including phenoxy) is 2. The van der Waals surface area contributed by atoms with E-state index in [-0.39, 0.29) is 30.7 Å². The number of carbonyl (C=O) groups is 2. The molecule has 0 bridgehead atoms. The number of hydrogen-bond donors (Lipinski definition) is 1. The average Bonchev–Trinajstić information content (AvgIpc) is 3.37. The standard InChI is InChI=1S/C28H29N3O4/c1-34-23-12-8-20(9-13-23)19-29-27(32)16-17-28(33)31-26(22-10-14-24(35-2)15-11-22)18-25(30-31)21-6-4-3-5-7-21/h3-15,26H,16-19H2,1-2H3,(H,29,32)/t26-/m0/s1. The molecule has 0 aliphatic carbocycles. The maximum absolute atomic E-state index is 13.2. The Morgan fingerprint density at radius 2 is 1.51 bits per heavy atom. The van der Waals surface area contributed by atoms with Crippen LogP contribution >= 0.6 is 0 Å². The summed E-state index contributed by atoms with van der Waals surface area (Å²) < 4.78 is 10.4. The van der Waals surface area contributed by atoms with Gasteiger partial charge in [-0.05, 0) is 41.0 Å². The van der Waals surface area contributed by atoms with Gasteiger partial charge in [0.05, 0.1) is 26.0 Å². The number of nitrogens with zero attached hydrogens (tertiary/aromatic N) is 2. The molecule has 7 nitrogen and oxygen atoms in total. The van der Waals surface area contributed by atoms with E-state index in [1.54, 1.807) is 14.2 Å². The van der Waals surface area contributed by atoms with Crippen molar-refractivity contribution in [3.8, 4) is 11.5 Å². The number of rotatable bonds is 9. The average molecular weight is 472 g/mol. The molecule has 1 heterocycles. The van der Waals surface area contributed by atoms with E-state index in [0.29, 0.717) is 13.0 Å². The third-order valence-electron chi connectivity index (χ3n) is 5.99. The lowest BCUT2D eigenvalue weighted by Gasteiger charge is -2.22. The molecule has 0 radical (unpaired) electrons. The van der Waals surface area contributed by atoms with E-state index in [4.69, 9.17) is 9.47 Å². The maximum Gasteiger partial charge on any atom is 0.243 e. The molecule has 0 saturated heterocycles. The summed E-state index contributed by atoms with van der Waals surface area (Å²) in [6.45, 7) is 0.394. The van der Waals surface area contributed by atoms with Gasteiger partial charge in [0.1, 0.15) is 11.5 Å². The Labute approximate surface area is 205 Å². The zero-order valence-electron chi connectivity index (χ0n) is 19.9. The fraction of sp³-hybridized carbons (Fsp3) is 0.250. The van der Waals surface area contributed by atoms with Crippen LogP contribution in [-0.4, -0.2) is 36.8 Å². The van der Waals surface area contributed by atoms with Crippen LogP contribution in [0.25, 0.3) is 0 Å². The molecule has 4 rings (SSSR count). The highest BCUT2D eigenvalue weighted by atomic mass is 16.5. The van der Waals surface area contributed by atoms with Crippen molar-refractivity contribution in [3.63, 3.8) is 0 Å². The topological polar surface area (TPSA) is 80.2 Å². The van der Waals surface area contributed by atoms with Gasteiger partial charge in [-0.1, -0.05) is 54.6 Å². The first-order valence-corrected chi connectivity index (χ1v) is 11.6. The van der Waals surface area contributed by atoms with E-state index in [2.05, 4.69) is 10.4 Å². The normalized spacial score (nSPS) is 14.9. The van der Waals surface area contributed by atoms with Crippen molar-refractivity contribution in [1.82, 2.24) is 10.3 Å². The van der Waals surface area contributed by atoms with Gasteiger partial charge < -0.3 is 14.8 Å².